The van der Waals surface area contributed by atoms with Gasteiger partial charge in [0.15, 0.2) is 12.2 Å². The smallest absolute Gasteiger partial charge is 0.462 e. The van der Waals surface area contributed by atoms with E-state index in [4.69, 9.17) is 37.0 Å². The fourth-order valence-electron chi connectivity index (χ4n) is 10.6. The average molecular weight is 1310 g/mol. The first-order valence-corrected chi connectivity index (χ1v) is 39.5. The fourth-order valence-corrected chi connectivity index (χ4v) is 12.2. The minimum absolute atomic E-state index is 0.101. The fraction of sp³-hybridized carbons (Fsp3) is 0.943. The first-order chi connectivity index (χ1) is 42.9. The maximum Gasteiger partial charge on any atom is 0.472 e. The maximum absolute atomic E-state index is 13.0. The van der Waals surface area contributed by atoms with Crippen LogP contribution in [-0.4, -0.2) is 96.7 Å². The van der Waals surface area contributed by atoms with Crippen molar-refractivity contribution in [2.75, 3.05) is 39.6 Å². The lowest BCUT2D eigenvalue weighted by molar-refractivity contribution is -0.161. The van der Waals surface area contributed by atoms with Crippen LogP contribution in [0.15, 0.2) is 0 Å². The van der Waals surface area contributed by atoms with E-state index in [0.717, 1.165) is 96.3 Å². The normalized spacial score (nSPS) is 14.1. The average Bonchev–Trinajstić information content (AvgIpc) is 3.71. The van der Waals surface area contributed by atoms with E-state index in [1.807, 2.05) is 0 Å². The molecule has 528 valence electrons. The molecule has 0 saturated heterocycles. The molecule has 0 aromatic carbocycles. The molecule has 0 rings (SSSR count). The van der Waals surface area contributed by atoms with E-state index in [2.05, 4.69) is 41.5 Å². The van der Waals surface area contributed by atoms with E-state index < -0.39 is 97.5 Å². The lowest BCUT2D eigenvalue weighted by Crippen LogP contribution is -2.30. The molecule has 0 heterocycles. The second kappa shape index (κ2) is 62.2. The maximum atomic E-state index is 13.0. The van der Waals surface area contributed by atoms with Crippen molar-refractivity contribution in [3.63, 3.8) is 0 Å². The molecule has 19 heteroatoms. The van der Waals surface area contributed by atoms with Gasteiger partial charge in [0.2, 0.25) is 0 Å². The summed E-state index contributed by atoms with van der Waals surface area (Å²) in [6.45, 7) is 9.37. The van der Waals surface area contributed by atoms with E-state index >= 15 is 0 Å². The highest BCUT2D eigenvalue weighted by molar-refractivity contribution is 7.47. The van der Waals surface area contributed by atoms with Gasteiger partial charge in [0.1, 0.15) is 19.3 Å². The third-order valence-corrected chi connectivity index (χ3v) is 18.1. The number of ether oxygens (including phenoxy) is 4. The van der Waals surface area contributed by atoms with E-state index in [-0.39, 0.29) is 25.7 Å². The molecule has 0 radical (unpaired) electrons. The van der Waals surface area contributed by atoms with Gasteiger partial charge in [0.25, 0.3) is 0 Å². The third-order valence-electron chi connectivity index (χ3n) is 16.2. The Morgan fingerprint density at radius 1 is 0.303 bits per heavy atom. The summed E-state index contributed by atoms with van der Waals surface area (Å²) in [6.07, 6.45) is 47.5. The van der Waals surface area contributed by atoms with Crippen LogP contribution in [-0.2, 0) is 65.4 Å². The van der Waals surface area contributed by atoms with Crippen LogP contribution in [0.25, 0.3) is 0 Å². The number of phosphoric ester groups is 2. The van der Waals surface area contributed by atoms with Crippen LogP contribution in [0.4, 0.5) is 0 Å². The highest BCUT2D eigenvalue weighted by Gasteiger charge is 2.30. The topological polar surface area (TPSA) is 237 Å². The number of carbonyl (C=O) groups excluding carboxylic acids is 4. The molecular weight excluding hydrogens is 1170 g/mol. The number of phosphoric acid groups is 2. The summed E-state index contributed by atoms with van der Waals surface area (Å²) in [5, 5.41) is 10.6. The second-order valence-corrected chi connectivity index (χ2v) is 29.1. The molecule has 0 saturated carbocycles. The second-order valence-electron chi connectivity index (χ2n) is 26.2. The van der Waals surface area contributed by atoms with Crippen LogP contribution < -0.4 is 0 Å². The summed E-state index contributed by atoms with van der Waals surface area (Å²) in [7, 11) is -9.90. The molecule has 3 N–H and O–H groups in total. The molecule has 5 atom stereocenters. The van der Waals surface area contributed by atoms with Crippen LogP contribution in [0, 0.1) is 11.8 Å². The summed E-state index contributed by atoms with van der Waals surface area (Å²) in [5.74, 6) is -0.781. The van der Waals surface area contributed by atoms with Crippen molar-refractivity contribution in [3.8, 4) is 0 Å². The summed E-state index contributed by atoms with van der Waals surface area (Å²) in [4.78, 5) is 72.4. The largest absolute Gasteiger partial charge is 0.472 e. The Labute approximate surface area is 543 Å². The molecule has 0 bridgehead atoms. The molecule has 0 amide bonds. The first kappa shape index (κ1) is 87.1. The number of carbonyl (C=O) groups is 4. The number of aliphatic hydroxyl groups is 1. The molecule has 0 aromatic heterocycles. The van der Waals surface area contributed by atoms with Gasteiger partial charge in [-0.1, -0.05) is 305 Å². The monoisotopic (exact) mass is 1310 g/mol. The lowest BCUT2D eigenvalue weighted by Gasteiger charge is -2.21. The summed E-state index contributed by atoms with van der Waals surface area (Å²) in [5.41, 5.74) is 0. The number of hydrogen-bond donors (Lipinski definition) is 3. The predicted molar refractivity (Wildman–Crippen MR) is 358 cm³/mol. The summed E-state index contributed by atoms with van der Waals surface area (Å²) >= 11 is 0. The Kier molecular flexibility index (Phi) is 60.8. The Bertz CT molecular complexity index is 1730. The lowest BCUT2D eigenvalue weighted by atomic mass is 10.0. The molecule has 0 aliphatic carbocycles. The van der Waals surface area contributed by atoms with Gasteiger partial charge in [-0.2, -0.15) is 0 Å². The number of hydrogen-bond acceptors (Lipinski definition) is 15. The molecule has 0 aliphatic heterocycles. The van der Waals surface area contributed by atoms with Gasteiger partial charge in [-0.05, 0) is 37.5 Å². The van der Waals surface area contributed by atoms with Crippen LogP contribution in [0.3, 0.4) is 0 Å². The summed E-state index contributed by atoms with van der Waals surface area (Å²) < 4.78 is 68.2. The molecule has 0 aromatic rings. The number of esters is 4. The van der Waals surface area contributed by atoms with Gasteiger partial charge >= 0.3 is 39.5 Å². The Morgan fingerprint density at radius 2 is 0.517 bits per heavy atom. The molecular formula is C70H136O17P2. The molecule has 0 fully saturated rings. The van der Waals surface area contributed by atoms with Gasteiger partial charge in [-0.15, -0.1) is 0 Å². The Morgan fingerprint density at radius 3 is 0.764 bits per heavy atom. The standard InChI is InChI=1S/C70H136O17P2/c1-7-9-11-13-15-17-19-21-23-25-27-29-31-33-42-48-54-69(74)86-65(58-80-67(72)52-46-40-32-30-28-26-24-22-20-18-16-14-12-10-8-2)60-84-88(76,77)82-56-64(71)57-83-89(78,79)85-61-66(87-70(75)55-49-43-37-35-39-45-51-63(5)6)59-81-68(73)53-47-41-36-34-38-44-50-62(3)4/h62-66,71H,7-61H2,1-6H3,(H,76,77)(H,78,79)/t64-,65-,66-/m1/s1. The Hall–Kier alpha value is -1.94. The van der Waals surface area contributed by atoms with Gasteiger partial charge in [0, 0.05) is 25.7 Å². The van der Waals surface area contributed by atoms with Crippen molar-refractivity contribution in [3.05, 3.63) is 0 Å². The van der Waals surface area contributed by atoms with Crippen molar-refractivity contribution < 1.29 is 80.2 Å². The molecule has 0 aliphatic rings. The quantitative estimate of drug-likeness (QED) is 0.0222. The van der Waals surface area contributed by atoms with Crippen LogP contribution in [0.2, 0.25) is 0 Å². The van der Waals surface area contributed by atoms with E-state index in [0.29, 0.717) is 37.5 Å². The van der Waals surface area contributed by atoms with Gasteiger partial charge < -0.3 is 33.8 Å². The highest BCUT2D eigenvalue weighted by atomic mass is 31.2. The SMILES string of the molecule is CCCCCCCCCCCCCCCCCCC(=O)O[C@H](COC(=O)CCCCCCCCCCCCCCCCC)COP(=O)(O)OC[C@@H](O)COP(=O)(O)OC[C@@H](COC(=O)CCCCCCCCC(C)C)OC(=O)CCCCCCCCC(C)C. The minimum Gasteiger partial charge on any atom is -0.462 e. The first-order valence-electron chi connectivity index (χ1n) is 36.5. The van der Waals surface area contributed by atoms with Gasteiger partial charge in [-0.25, -0.2) is 9.13 Å². The molecule has 89 heavy (non-hydrogen) atoms. The van der Waals surface area contributed by atoms with Crippen LogP contribution in [0.1, 0.15) is 356 Å². The van der Waals surface area contributed by atoms with E-state index in [1.54, 1.807) is 0 Å². The zero-order chi connectivity index (χ0) is 65.7. The number of rotatable bonds is 69. The van der Waals surface area contributed by atoms with Crippen molar-refractivity contribution in [2.24, 2.45) is 11.8 Å². The minimum atomic E-state index is -4.95. The molecule has 17 nitrogen and oxygen atoms in total. The van der Waals surface area contributed by atoms with Crippen LogP contribution >= 0.6 is 15.6 Å². The Balaban J connectivity index is 5.22. The van der Waals surface area contributed by atoms with Crippen molar-refractivity contribution >= 4 is 39.5 Å². The van der Waals surface area contributed by atoms with Gasteiger partial charge in [0.05, 0.1) is 26.4 Å². The zero-order valence-electron chi connectivity index (χ0n) is 57.7. The van der Waals surface area contributed by atoms with Gasteiger partial charge in [-0.3, -0.25) is 37.3 Å². The number of unbranched alkanes of at least 4 members (excludes halogenated alkanes) is 39. The molecule has 0 spiro atoms. The van der Waals surface area contributed by atoms with E-state index in [9.17, 15) is 43.2 Å². The predicted octanol–water partition coefficient (Wildman–Crippen LogP) is 20.0. The third kappa shape index (κ3) is 64.6. The van der Waals surface area contributed by atoms with Crippen LogP contribution in [0.5, 0.6) is 0 Å². The van der Waals surface area contributed by atoms with Crippen molar-refractivity contribution in [1.29, 1.82) is 0 Å². The van der Waals surface area contributed by atoms with Crippen molar-refractivity contribution in [2.45, 2.75) is 374 Å². The highest BCUT2D eigenvalue weighted by Crippen LogP contribution is 2.45. The number of aliphatic hydroxyl groups excluding tert-OH is 1. The van der Waals surface area contributed by atoms with E-state index in [1.165, 1.54) is 167 Å². The zero-order valence-corrected chi connectivity index (χ0v) is 59.5. The van der Waals surface area contributed by atoms with Crippen molar-refractivity contribution in [1.82, 2.24) is 0 Å². The summed E-state index contributed by atoms with van der Waals surface area (Å²) in [6, 6.07) is 0. The molecule has 2 unspecified atom stereocenters.